The number of amides is 2. The van der Waals surface area contributed by atoms with Crippen molar-refractivity contribution in [3.63, 3.8) is 0 Å². The molecule has 2 heterocycles. The molecule has 4 aromatic rings. The molecule has 9 heteroatoms. The third-order valence-electron chi connectivity index (χ3n) is 7.76. The van der Waals surface area contributed by atoms with Crippen molar-refractivity contribution in [2.24, 2.45) is 0 Å². The normalized spacial score (nSPS) is 23.0. The lowest BCUT2D eigenvalue weighted by molar-refractivity contribution is -0.205. The molecule has 44 heavy (non-hydrogen) atoms. The van der Waals surface area contributed by atoms with Gasteiger partial charge in [-0.05, 0) is 47.5 Å². The number of benzene rings is 4. The highest BCUT2D eigenvalue weighted by molar-refractivity contribution is 7.99. The molecule has 2 aliphatic rings. The Balaban J connectivity index is 1.33. The van der Waals surface area contributed by atoms with Crippen molar-refractivity contribution in [3.8, 4) is 5.75 Å². The van der Waals surface area contributed by atoms with E-state index in [9.17, 15) is 14.7 Å². The molecule has 0 saturated carbocycles. The van der Waals surface area contributed by atoms with Gasteiger partial charge in [0.05, 0.1) is 38.1 Å². The van der Waals surface area contributed by atoms with Crippen LogP contribution in [-0.2, 0) is 27.4 Å². The Morgan fingerprint density at radius 3 is 1.93 bits per heavy atom. The zero-order valence-corrected chi connectivity index (χ0v) is 25.0. The second-order valence-corrected chi connectivity index (χ2v) is 11.8. The van der Waals surface area contributed by atoms with Crippen LogP contribution in [0.2, 0.25) is 0 Å². The number of nitrogens with zero attached hydrogens (tertiary/aromatic N) is 1. The van der Waals surface area contributed by atoms with E-state index in [0.717, 1.165) is 16.0 Å². The van der Waals surface area contributed by atoms with Gasteiger partial charge in [-0.3, -0.25) is 14.5 Å². The number of aliphatic hydroxyl groups excluding tert-OH is 1. The summed E-state index contributed by atoms with van der Waals surface area (Å²) in [6.07, 6.45) is -2.95. The van der Waals surface area contributed by atoms with Gasteiger partial charge in [0.15, 0.2) is 0 Å². The maximum absolute atomic E-state index is 13.8. The van der Waals surface area contributed by atoms with E-state index in [2.05, 4.69) is 0 Å². The highest BCUT2D eigenvalue weighted by Crippen LogP contribution is 2.40. The van der Waals surface area contributed by atoms with E-state index in [1.165, 1.54) is 16.7 Å². The number of hydrogen-bond donors (Lipinski definition) is 1. The molecule has 2 amide bonds. The van der Waals surface area contributed by atoms with Gasteiger partial charge in [-0.25, -0.2) is 0 Å². The maximum atomic E-state index is 13.8. The molecular formula is C35H33NO7S. The third kappa shape index (κ3) is 6.43. The fourth-order valence-corrected chi connectivity index (χ4v) is 6.68. The number of methoxy groups -OCH3 is 1. The number of rotatable bonds is 11. The monoisotopic (exact) mass is 611 g/mol. The number of carbonyl (C=O) groups excluding carboxylic acids is 2. The molecule has 0 unspecified atom stereocenters. The summed E-state index contributed by atoms with van der Waals surface area (Å²) in [7, 11) is 1.60. The van der Waals surface area contributed by atoms with Crippen LogP contribution in [0.5, 0.6) is 5.75 Å². The molecule has 0 aromatic heterocycles. The molecule has 6 rings (SSSR count). The summed E-state index contributed by atoms with van der Waals surface area (Å²) in [6.45, 7) is 0.580. The summed E-state index contributed by atoms with van der Waals surface area (Å²) in [5, 5.41) is 11.8. The summed E-state index contributed by atoms with van der Waals surface area (Å²) in [4.78, 5) is 29.6. The predicted octanol–water partition coefficient (Wildman–Crippen LogP) is 5.34. The number of fused-ring (bicyclic) bond motifs is 1. The van der Waals surface area contributed by atoms with Crippen LogP contribution in [0.25, 0.3) is 0 Å². The minimum atomic E-state index is -1.20. The standard InChI is InChI=1S/C35H33NO7S/c1-40-25-16-18-26(19-17-25)44-35-30(36-33(38)27-14-8-9-15-28(27)34(36)39)32(42-21-24-12-6-3-7-13-24)31(37)29(43-35)22-41-20-23-10-4-2-5-11-23/h2-19,29-32,35,37H,20-22H2,1H3/t29-,30-,31-,32-,35+/m1/s1. The Hall–Kier alpha value is -3.99. The lowest BCUT2D eigenvalue weighted by Gasteiger charge is -2.47. The summed E-state index contributed by atoms with van der Waals surface area (Å²) >= 11 is 1.35. The number of thioether (sulfide) groups is 1. The maximum Gasteiger partial charge on any atom is 0.262 e. The number of imide groups is 1. The predicted molar refractivity (Wildman–Crippen MR) is 165 cm³/mol. The van der Waals surface area contributed by atoms with Gasteiger partial charge in [-0.2, -0.15) is 0 Å². The van der Waals surface area contributed by atoms with Gasteiger partial charge in [-0.15, -0.1) is 0 Å². The molecule has 0 radical (unpaired) electrons. The zero-order chi connectivity index (χ0) is 30.5. The number of ether oxygens (including phenoxy) is 4. The highest BCUT2D eigenvalue weighted by atomic mass is 32.2. The molecule has 4 aromatic carbocycles. The van der Waals surface area contributed by atoms with Gasteiger partial charge < -0.3 is 24.1 Å². The second-order valence-electron chi connectivity index (χ2n) is 10.6. The molecule has 5 atom stereocenters. The van der Waals surface area contributed by atoms with Crippen LogP contribution in [0, 0.1) is 0 Å². The minimum absolute atomic E-state index is 0.0791. The van der Waals surface area contributed by atoms with Crippen molar-refractivity contribution >= 4 is 23.6 Å². The van der Waals surface area contributed by atoms with Crippen LogP contribution in [-0.4, -0.2) is 65.3 Å². The Kier molecular flexibility index (Phi) is 9.40. The fraction of sp³-hybridized carbons (Fsp3) is 0.257. The quantitative estimate of drug-likeness (QED) is 0.227. The van der Waals surface area contributed by atoms with Crippen LogP contribution in [0.4, 0.5) is 0 Å². The van der Waals surface area contributed by atoms with E-state index in [-0.39, 0.29) is 13.2 Å². The smallest absolute Gasteiger partial charge is 0.262 e. The van der Waals surface area contributed by atoms with Crippen LogP contribution >= 0.6 is 11.8 Å². The van der Waals surface area contributed by atoms with E-state index in [4.69, 9.17) is 18.9 Å². The van der Waals surface area contributed by atoms with Gasteiger partial charge >= 0.3 is 0 Å². The first-order valence-corrected chi connectivity index (χ1v) is 15.3. The fourth-order valence-electron chi connectivity index (χ4n) is 5.50. The highest BCUT2D eigenvalue weighted by Gasteiger charge is 2.54. The first-order valence-electron chi connectivity index (χ1n) is 14.4. The Labute approximate surface area is 260 Å². The molecule has 0 aliphatic carbocycles. The van der Waals surface area contributed by atoms with Crippen molar-refractivity contribution in [2.45, 2.75) is 47.9 Å². The topological polar surface area (TPSA) is 94.5 Å². The van der Waals surface area contributed by atoms with Crippen molar-refractivity contribution in [1.82, 2.24) is 4.90 Å². The van der Waals surface area contributed by atoms with Crippen molar-refractivity contribution in [2.75, 3.05) is 13.7 Å². The molecule has 226 valence electrons. The number of carbonyl (C=O) groups is 2. The first-order chi connectivity index (χ1) is 21.5. The van der Waals surface area contributed by atoms with Crippen LogP contribution < -0.4 is 4.74 Å². The molecule has 1 N–H and O–H groups in total. The van der Waals surface area contributed by atoms with E-state index in [1.54, 1.807) is 31.4 Å². The lowest BCUT2D eigenvalue weighted by atomic mass is 9.96. The molecular weight excluding hydrogens is 578 g/mol. The van der Waals surface area contributed by atoms with Crippen LogP contribution in [0.3, 0.4) is 0 Å². The largest absolute Gasteiger partial charge is 0.497 e. The third-order valence-corrected chi connectivity index (χ3v) is 8.92. The second kappa shape index (κ2) is 13.8. The SMILES string of the molecule is COc1ccc(S[C@@H]2O[C@H](COCc3ccccc3)[C@@H](O)[C@H](OCc3ccccc3)[C@H]2N2C(=O)c3ccccc3C2=O)cc1. The number of hydrogen-bond acceptors (Lipinski definition) is 8. The Morgan fingerprint density at radius 2 is 1.34 bits per heavy atom. The van der Waals surface area contributed by atoms with Gasteiger partial charge in [0, 0.05) is 4.90 Å². The Bertz CT molecular complexity index is 1530. The molecule has 2 aliphatic heterocycles. The van der Waals surface area contributed by atoms with Gasteiger partial charge in [0.1, 0.15) is 35.5 Å². The van der Waals surface area contributed by atoms with Crippen molar-refractivity contribution in [3.05, 3.63) is 131 Å². The molecule has 0 spiro atoms. The molecule has 1 fully saturated rings. The average Bonchev–Trinajstić information content (AvgIpc) is 3.32. The molecule has 0 bridgehead atoms. The van der Waals surface area contributed by atoms with Crippen molar-refractivity contribution in [1.29, 1.82) is 0 Å². The van der Waals surface area contributed by atoms with E-state index >= 15 is 0 Å². The van der Waals surface area contributed by atoms with Crippen LogP contribution in [0.15, 0.2) is 114 Å². The van der Waals surface area contributed by atoms with Gasteiger partial charge in [0.2, 0.25) is 0 Å². The minimum Gasteiger partial charge on any atom is -0.497 e. The summed E-state index contributed by atoms with van der Waals surface area (Å²) in [5.74, 6) is -0.194. The Morgan fingerprint density at radius 1 is 0.773 bits per heavy atom. The molecule has 8 nitrogen and oxygen atoms in total. The van der Waals surface area contributed by atoms with Gasteiger partial charge in [-0.1, -0.05) is 84.6 Å². The number of aliphatic hydroxyl groups is 1. The van der Waals surface area contributed by atoms with Crippen molar-refractivity contribution < 1.29 is 33.6 Å². The zero-order valence-electron chi connectivity index (χ0n) is 24.2. The van der Waals surface area contributed by atoms with E-state index < -0.39 is 41.6 Å². The summed E-state index contributed by atoms with van der Waals surface area (Å²) in [6, 6.07) is 32.5. The summed E-state index contributed by atoms with van der Waals surface area (Å²) in [5.41, 5.74) is 1.73. The average molecular weight is 612 g/mol. The van der Waals surface area contributed by atoms with E-state index in [0.29, 0.717) is 23.5 Å². The summed E-state index contributed by atoms with van der Waals surface area (Å²) < 4.78 is 24.3. The first kappa shape index (κ1) is 30.1. The lowest BCUT2D eigenvalue weighted by Crippen LogP contribution is -2.65. The molecule has 1 saturated heterocycles. The van der Waals surface area contributed by atoms with Crippen LogP contribution in [0.1, 0.15) is 31.8 Å². The van der Waals surface area contributed by atoms with E-state index in [1.807, 2.05) is 84.9 Å². The van der Waals surface area contributed by atoms with Gasteiger partial charge in [0.25, 0.3) is 11.8 Å².